The van der Waals surface area contributed by atoms with Gasteiger partial charge in [-0.2, -0.15) is 0 Å². The second-order valence-corrected chi connectivity index (χ2v) is 7.99. The summed E-state index contributed by atoms with van der Waals surface area (Å²) in [4.78, 5) is 15.0. The minimum absolute atomic E-state index is 0.135. The van der Waals surface area contributed by atoms with Gasteiger partial charge in [-0.1, -0.05) is 50.2 Å². The summed E-state index contributed by atoms with van der Waals surface area (Å²) in [6.45, 7) is 5.58. The van der Waals surface area contributed by atoms with Gasteiger partial charge in [0, 0.05) is 24.5 Å². The van der Waals surface area contributed by atoms with Crippen LogP contribution in [0.25, 0.3) is 10.9 Å². The van der Waals surface area contributed by atoms with Crippen LogP contribution in [0.2, 0.25) is 0 Å². The molecule has 0 aliphatic heterocycles. The average molecular weight is 379 g/mol. The van der Waals surface area contributed by atoms with E-state index in [1.807, 2.05) is 47.2 Å². The summed E-state index contributed by atoms with van der Waals surface area (Å²) in [7, 11) is 4.13. The average Bonchev–Trinajstić information content (AvgIpc) is 3.04. The second kappa shape index (κ2) is 9.07. The zero-order chi connectivity index (χ0) is 20.1. The Morgan fingerprint density at radius 1 is 1.07 bits per heavy atom. The minimum atomic E-state index is 0.135. The van der Waals surface area contributed by atoms with Crippen molar-refractivity contribution in [3.8, 4) is 5.75 Å². The maximum absolute atomic E-state index is 12.8. The Labute approximate surface area is 167 Å². The third kappa shape index (κ3) is 4.82. The van der Waals surface area contributed by atoms with Gasteiger partial charge in [0.15, 0.2) is 0 Å². The fourth-order valence-corrected chi connectivity index (χ4v) is 3.38. The van der Waals surface area contributed by atoms with Crippen LogP contribution in [0.1, 0.15) is 36.2 Å². The number of hydrogen-bond acceptors (Lipinski definition) is 3. The molecule has 4 heteroatoms. The Kier molecular flexibility index (Phi) is 6.53. The van der Waals surface area contributed by atoms with E-state index in [2.05, 4.69) is 45.0 Å². The van der Waals surface area contributed by atoms with E-state index in [1.165, 1.54) is 0 Å². The first-order chi connectivity index (χ1) is 13.5. The number of rotatable bonds is 8. The lowest BCUT2D eigenvalue weighted by molar-refractivity contribution is 0.0892. The quantitative estimate of drug-likeness (QED) is 0.552. The molecular weight excluding hydrogens is 348 g/mol. The number of carbonyl (C=O) groups excluding carboxylic acids is 1. The Morgan fingerprint density at radius 2 is 1.82 bits per heavy atom. The third-order valence-corrected chi connectivity index (χ3v) is 4.79. The van der Waals surface area contributed by atoms with Crippen LogP contribution in [0, 0.1) is 5.92 Å². The van der Waals surface area contributed by atoms with E-state index in [1.54, 1.807) is 0 Å². The molecular formula is C24H30N2O2. The summed E-state index contributed by atoms with van der Waals surface area (Å²) in [5.41, 5.74) is 3.22. The summed E-state index contributed by atoms with van der Waals surface area (Å²) in [6, 6.07) is 16.1. The van der Waals surface area contributed by atoms with E-state index < -0.39 is 0 Å². The molecule has 0 N–H and O–H groups in total. The standard InChI is InChI=1S/C24H30N2O2/c1-18(2)15-23(27)26-16-20(13-14-25(3)4)24-21(26)11-8-12-22(24)28-17-19-9-6-5-7-10-19/h5-12,16,18H,13-15,17H2,1-4H3. The molecule has 0 bridgehead atoms. The van der Waals surface area contributed by atoms with Gasteiger partial charge in [-0.15, -0.1) is 0 Å². The summed E-state index contributed by atoms with van der Waals surface area (Å²) in [5.74, 6) is 1.30. The molecule has 4 nitrogen and oxygen atoms in total. The second-order valence-electron chi connectivity index (χ2n) is 7.99. The molecule has 0 saturated heterocycles. The summed E-state index contributed by atoms with van der Waals surface area (Å²) in [5, 5.41) is 1.05. The lowest BCUT2D eigenvalue weighted by Gasteiger charge is -2.11. The zero-order valence-electron chi connectivity index (χ0n) is 17.3. The van der Waals surface area contributed by atoms with Gasteiger partial charge in [0.2, 0.25) is 5.91 Å². The molecule has 0 atom stereocenters. The molecule has 3 aromatic rings. The van der Waals surface area contributed by atoms with E-state index in [4.69, 9.17) is 4.74 Å². The monoisotopic (exact) mass is 378 g/mol. The van der Waals surface area contributed by atoms with Crippen molar-refractivity contribution in [3.63, 3.8) is 0 Å². The molecule has 0 saturated carbocycles. The van der Waals surface area contributed by atoms with Gasteiger partial charge in [0.1, 0.15) is 12.4 Å². The molecule has 148 valence electrons. The highest BCUT2D eigenvalue weighted by Gasteiger charge is 2.18. The van der Waals surface area contributed by atoms with Gasteiger partial charge in [0.25, 0.3) is 0 Å². The molecule has 1 aromatic heterocycles. The highest BCUT2D eigenvalue weighted by molar-refractivity contribution is 5.97. The van der Waals surface area contributed by atoms with Gasteiger partial charge >= 0.3 is 0 Å². The lowest BCUT2D eigenvalue weighted by Crippen LogP contribution is -2.15. The van der Waals surface area contributed by atoms with Crippen LogP contribution in [0.3, 0.4) is 0 Å². The SMILES string of the molecule is CC(C)CC(=O)n1cc(CCN(C)C)c2c(OCc3ccccc3)cccc21. The first kappa shape index (κ1) is 20.2. The molecule has 0 radical (unpaired) electrons. The van der Waals surface area contributed by atoms with Crippen LogP contribution in [0.5, 0.6) is 5.75 Å². The first-order valence-corrected chi connectivity index (χ1v) is 9.93. The van der Waals surface area contributed by atoms with E-state index in [-0.39, 0.29) is 5.91 Å². The van der Waals surface area contributed by atoms with Gasteiger partial charge in [-0.3, -0.25) is 9.36 Å². The van der Waals surface area contributed by atoms with Crippen LogP contribution in [-0.2, 0) is 13.0 Å². The Morgan fingerprint density at radius 3 is 2.50 bits per heavy atom. The van der Waals surface area contributed by atoms with Gasteiger partial charge < -0.3 is 9.64 Å². The molecule has 2 aromatic carbocycles. The van der Waals surface area contributed by atoms with Crippen molar-refractivity contribution in [1.82, 2.24) is 9.47 Å². The van der Waals surface area contributed by atoms with E-state index in [0.29, 0.717) is 18.9 Å². The number of likely N-dealkylation sites (N-methyl/N-ethyl adjacent to an activating group) is 1. The first-order valence-electron chi connectivity index (χ1n) is 9.93. The number of fused-ring (bicyclic) bond motifs is 1. The highest BCUT2D eigenvalue weighted by atomic mass is 16.5. The van der Waals surface area contributed by atoms with Crippen molar-refractivity contribution in [2.24, 2.45) is 5.92 Å². The maximum Gasteiger partial charge on any atom is 0.231 e. The molecule has 0 spiro atoms. The fraction of sp³-hybridized carbons (Fsp3) is 0.375. The Hall–Kier alpha value is -2.59. The number of benzene rings is 2. The Balaban J connectivity index is 1.98. The predicted octanol–water partition coefficient (Wildman–Crippen LogP) is 5.01. The predicted molar refractivity (Wildman–Crippen MR) is 115 cm³/mol. The fourth-order valence-electron chi connectivity index (χ4n) is 3.38. The van der Waals surface area contributed by atoms with Gasteiger partial charge in [-0.05, 0) is 49.7 Å². The number of hydrogen-bond donors (Lipinski definition) is 0. The summed E-state index contributed by atoms with van der Waals surface area (Å²) >= 11 is 0. The van der Waals surface area contributed by atoms with Crippen LogP contribution in [0.4, 0.5) is 0 Å². The van der Waals surface area contributed by atoms with E-state index in [9.17, 15) is 4.79 Å². The molecule has 0 fully saturated rings. The van der Waals surface area contributed by atoms with E-state index in [0.717, 1.165) is 40.7 Å². The number of nitrogens with zero attached hydrogens (tertiary/aromatic N) is 2. The number of aromatic nitrogens is 1. The van der Waals surface area contributed by atoms with Crippen molar-refractivity contribution in [2.45, 2.75) is 33.3 Å². The normalized spacial score (nSPS) is 11.5. The molecule has 0 amide bonds. The summed E-state index contributed by atoms with van der Waals surface area (Å²) < 4.78 is 8.00. The lowest BCUT2D eigenvalue weighted by atomic mass is 10.1. The van der Waals surface area contributed by atoms with Crippen molar-refractivity contribution < 1.29 is 9.53 Å². The third-order valence-electron chi connectivity index (χ3n) is 4.79. The zero-order valence-corrected chi connectivity index (χ0v) is 17.3. The maximum atomic E-state index is 12.8. The topological polar surface area (TPSA) is 34.5 Å². The number of ether oxygens (including phenoxy) is 1. The molecule has 3 rings (SSSR count). The van der Waals surface area contributed by atoms with Crippen molar-refractivity contribution >= 4 is 16.8 Å². The van der Waals surface area contributed by atoms with Crippen molar-refractivity contribution in [3.05, 3.63) is 65.9 Å². The van der Waals surface area contributed by atoms with Crippen LogP contribution in [0.15, 0.2) is 54.7 Å². The van der Waals surface area contributed by atoms with E-state index >= 15 is 0 Å². The largest absolute Gasteiger partial charge is 0.488 e. The van der Waals surface area contributed by atoms with Crippen LogP contribution >= 0.6 is 0 Å². The summed E-state index contributed by atoms with van der Waals surface area (Å²) in [6.07, 6.45) is 3.41. The minimum Gasteiger partial charge on any atom is -0.488 e. The highest BCUT2D eigenvalue weighted by Crippen LogP contribution is 2.32. The molecule has 1 heterocycles. The van der Waals surface area contributed by atoms with Crippen LogP contribution < -0.4 is 4.74 Å². The number of carbonyl (C=O) groups is 1. The van der Waals surface area contributed by atoms with Crippen LogP contribution in [-0.4, -0.2) is 36.0 Å². The van der Waals surface area contributed by atoms with Crippen molar-refractivity contribution in [2.75, 3.05) is 20.6 Å². The van der Waals surface area contributed by atoms with Gasteiger partial charge in [0.05, 0.1) is 5.52 Å². The van der Waals surface area contributed by atoms with Gasteiger partial charge in [-0.25, -0.2) is 0 Å². The molecule has 28 heavy (non-hydrogen) atoms. The smallest absolute Gasteiger partial charge is 0.231 e. The van der Waals surface area contributed by atoms with Crippen molar-refractivity contribution in [1.29, 1.82) is 0 Å². The molecule has 0 unspecified atom stereocenters. The molecule has 0 aliphatic rings. The Bertz CT molecular complexity index is 926. The molecule has 0 aliphatic carbocycles.